The van der Waals surface area contributed by atoms with Gasteiger partial charge < -0.3 is 10.1 Å². The summed E-state index contributed by atoms with van der Waals surface area (Å²) in [5.41, 5.74) is 1.87. The van der Waals surface area contributed by atoms with Crippen LogP contribution in [0.4, 0.5) is 15.9 Å². The average molecular weight is 472 g/mol. The van der Waals surface area contributed by atoms with Gasteiger partial charge in [0, 0.05) is 24.7 Å². The van der Waals surface area contributed by atoms with Gasteiger partial charge >= 0.3 is 0 Å². The van der Waals surface area contributed by atoms with Gasteiger partial charge in [0.25, 0.3) is 5.91 Å². The molecular formula is C25H21FN6O3. The van der Waals surface area contributed by atoms with Crippen LogP contribution in [0.5, 0.6) is 5.75 Å². The van der Waals surface area contributed by atoms with E-state index in [1.165, 1.54) is 21.7 Å². The zero-order valence-electron chi connectivity index (χ0n) is 18.8. The van der Waals surface area contributed by atoms with Gasteiger partial charge in [-0.3, -0.25) is 19.5 Å². The second kappa shape index (κ2) is 9.34. The number of carbonyl (C=O) groups is 2. The van der Waals surface area contributed by atoms with E-state index in [-0.39, 0.29) is 23.9 Å². The SMILES string of the molecule is CCC(Oc1ccc(-n2cccn2)c(F)c1)C(=O)N1CC(=O)Nc2ccc(-c3ccccn3)nc21. The molecular weight excluding hydrogens is 451 g/mol. The molecule has 0 aliphatic carbocycles. The molecule has 1 atom stereocenters. The molecule has 1 unspecified atom stereocenters. The van der Waals surface area contributed by atoms with Gasteiger partial charge in [-0.15, -0.1) is 0 Å². The van der Waals surface area contributed by atoms with Crippen LogP contribution in [-0.4, -0.2) is 44.2 Å². The predicted octanol–water partition coefficient (Wildman–Crippen LogP) is 3.61. The first kappa shape index (κ1) is 22.2. The van der Waals surface area contributed by atoms with Crippen LogP contribution in [0.15, 0.2) is 73.2 Å². The molecule has 35 heavy (non-hydrogen) atoms. The zero-order chi connectivity index (χ0) is 24.4. The fourth-order valence-corrected chi connectivity index (χ4v) is 3.80. The highest BCUT2D eigenvalue weighted by Crippen LogP contribution is 2.31. The molecule has 3 aromatic heterocycles. The number of rotatable bonds is 6. The van der Waals surface area contributed by atoms with E-state index in [4.69, 9.17) is 4.74 Å². The van der Waals surface area contributed by atoms with Gasteiger partial charge in [0.1, 0.15) is 18.0 Å². The Bertz CT molecular complexity index is 1380. The van der Waals surface area contributed by atoms with Crippen molar-refractivity contribution < 1.29 is 18.7 Å². The number of nitrogens with zero attached hydrogens (tertiary/aromatic N) is 5. The molecule has 1 N–H and O–H groups in total. The number of amides is 2. The number of ether oxygens (including phenoxy) is 1. The van der Waals surface area contributed by atoms with Gasteiger partial charge in [-0.25, -0.2) is 14.1 Å². The predicted molar refractivity (Wildman–Crippen MR) is 127 cm³/mol. The number of nitrogens with one attached hydrogen (secondary N) is 1. The molecule has 10 heteroatoms. The lowest BCUT2D eigenvalue weighted by molar-refractivity contribution is -0.127. The minimum atomic E-state index is -0.955. The Balaban J connectivity index is 1.42. The van der Waals surface area contributed by atoms with E-state index in [0.717, 1.165) is 0 Å². The van der Waals surface area contributed by atoms with Crippen molar-refractivity contribution in [1.82, 2.24) is 19.7 Å². The Morgan fingerprint density at radius 3 is 2.74 bits per heavy atom. The van der Waals surface area contributed by atoms with E-state index in [1.54, 1.807) is 55.8 Å². The maximum absolute atomic E-state index is 14.7. The Hall–Kier alpha value is -4.60. The van der Waals surface area contributed by atoms with Gasteiger partial charge in [0.05, 0.1) is 17.1 Å². The summed E-state index contributed by atoms with van der Waals surface area (Å²) < 4.78 is 21.9. The number of anilines is 2. The molecule has 1 aromatic carbocycles. The van der Waals surface area contributed by atoms with E-state index < -0.39 is 17.8 Å². The van der Waals surface area contributed by atoms with Crippen molar-refractivity contribution in [2.45, 2.75) is 19.4 Å². The maximum atomic E-state index is 14.7. The first-order chi connectivity index (χ1) is 17.0. The van der Waals surface area contributed by atoms with Crippen LogP contribution in [0.2, 0.25) is 0 Å². The third-order valence-electron chi connectivity index (χ3n) is 5.49. The molecule has 176 valence electrons. The summed E-state index contributed by atoms with van der Waals surface area (Å²) >= 11 is 0. The molecule has 1 aliphatic rings. The summed E-state index contributed by atoms with van der Waals surface area (Å²) in [7, 11) is 0. The molecule has 0 saturated carbocycles. The summed E-state index contributed by atoms with van der Waals surface area (Å²) in [5, 5.41) is 6.77. The van der Waals surface area contributed by atoms with Crippen LogP contribution in [-0.2, 0) is 9.59 Å². The van der Waals surface area contributed by atoms with E-state index in [0.29, 0.717) is 29.3 Å². The number of hydrogen-bond acceptors (Lipinski definition) is 6. The van der Waals surface area contributed by atoms with Crippen LogP contribution in [0.1, 0.15) is 13.3 Å². The quantitative estimate of drug-likeness (QED) is 0.460. The fourth-order valence-electron chi connectivity index (χ4n) is 3.80. The molecule has 0 spiro atoms. The second-order valence-corrected chi connectivity index (χ2v) is 7.83. The molecule has 9 nitrogen and oxygen atoms in total. The third kappa shape index (κ3) is 4.45. The minimum absolute atomic E-state index is 0.190. The number of aromatic nitrogens is 4. The second-order valence-electron chi connectivity index (χ2n) is 7.83. The van der Waals surface area contributed by atoms with Crippen molar-refractivity contribution in [2.75, 3.05) is 16.8 Å². The third-order valence-corrected chi connectivity index (χ3v) is 5.49. The maximum Gasteiger partial charge on any atom is 0.269 e. The molecule has 0 fully saturated rings. The molecule has 2 amide bonds. The van der Waals surface area contributed by atoms with Crippen molar-refractivity contribution in [2.24, 2.45) is 0 Å². The number of halogens is 1. The topological polar surface area (TPSA) is 102 Å². The number of fused-ring (bicyclic) bond motifs is 1. The van der Waals surface area contributed by atoms with Gasteiger partial charge in [-0.2, -0.15) is 5.10 Å². The molecule has 4 aromatic rings. The van der Waals surface area contributed by atoms with E-state index in [2.05, 4.69) is 20.4 Å². The van der Waals surface area contributed by atoms with Crippen LogP contribution < -0.4 is 15.0 Å². The van der Waals surface area contributed by atoms with Gasteiger partial charge in [0.15, 0.2) is 17.7 Å². The average Bonchev–Trinajstić information content (AvgIpc) is 3.41. The van der Waals surface area contributed by atoms with Crippen molar-refractivity contribution in [3.8, 4) is 22.8 Å². The summed E-state index contributed by atoms with van der Waals surface area (Å²) in [5.74, 6) is -0.845. The molecule has 0 radical (unpaired) electrons. The standard InChI is InChI=1S/C25H21FN6O3/c1-2-22(35-16-7-10-21(17(26)14-16)32-13-5-12-28-32)25(34)31-15-23(33)29-20-9-8-19(30-24(20)31)18-6-3-4-11-27-18/h3-14,22H,2,15H2,1H3,(H,29,33). The van der Waals surface area contributed by atoms with Crippen LogP contribution in [0.3, 0.4) is 0 Å². The van der Waals surface area contributed by atoms with E-state index in [9.17, 15) is 14.0 Å². The van der Waals surface area contributed by atoms with Crippen molar-refractivity contribution in [1.29, 1.82) is 0 Å². The van der Waals surface area contributed by atoms with Crippen molar-refractivity contribution in [3.63, 3.8) is 0 Å². The largest absolute Gasteiger partial charge is 0.480 e. The summed E-state index contributed by atoms with van der Waals surface area (Å²) in [6.07, 6.45) is 4.18. The van der Waals surface area contributed by atoms with Gasteiger partial charge in [-0.1, -0.05) is 13.0 Å². The molecule has 4 heterocycles. The Labute approximate surface area is 200 Å². The Morgan fingerprint density at radius 2 is 2.03 bits per heavy atom. The van der Waals surface area contributed by atoms with E-state index in [1.807, 2.05) is 12.1 Å². The highest BCUT2D eigenvalue weighted by atomic mass is 19.1. The molecule has 0 bridgehead atoms. The number of carbonyl (C=O) groups excluding carboxylic acids is 2. The zero-order valence-corrected chi connectivity index (χ0v) is 18.8. The lowest BCUT2D eigenvalue weighted by Gasteiger charge is -2.31. The normalized spacial score (nSPS) is 13.7. The van der Waals surface area contributed by atoms with Crippen molar-refractivity contribution >= 4 is 23.3 Å². The number of hydrogen-bond donors (Lipinski definition) is 1. The summed E-state index contributed by atoms with van der Waals surface area (Å²) in [4.78, 5) is 36.0. The summed E-state index contributed by atoms with van der Waals surface area (Å²) in [6, 6.07) is 14.9. The highest BCUT2D eigenvalue weighted by Gasteiger charge is 2.33. The minimum Gasteiger partial charge on any atom is -0.480 e. The van der Waals surface area contributed by atoms with Gasteiger partial charge in [0.2, 0.25) is 5.91 Å². The Morgan fingerprint density at radius 1 is 1.14 bits per heavy atom. The van der Waals surface area contributed by atoms with Crippen LogP contribution in [0.25, 0.3) is 17.1 Å². The molecule has 5 rings (SSSR count). The first-order valence-electron chi connectivity index (χ1n) is 11.0. The Kier molecular flexibility index (Phi) is 5.92. The lowest BCUT2D eigenvalue weighted by atomic mass is 10.1. The summed E-state index contributed by atoms with van der Waals surface area (Å²) in [6.45, 7) is 1.57. The molecule has 1 aliphatic heterocycles. The lowest BCUT2D eigenvalue weighted by Crippen LogP contribution is -2.48. The van der Waals surface area contributed by atoms with Crippen LogP contribution >= 0.6 is 0 Å². The first-order valence-corrected chi connectivity index (χ1v) is 11.0. The smallest absolute Gasteiger partial charge is 0.269 e. The van der Waals surface area contributed by atoms with Crippen molar-refractivity contribution in [3.05, 3.63) is 79.0 Å². The van der Waals surface area contributed by atoms with E-state index >= 15 is 0 Å². The molecule has 0 saturated heterocycles. The van der Waals surface area contributed by atoms with Gasteiger partial charge in [-0.05, 0) is 48.9 Å². The fraction of sp³-hybridized carbons (Fsp3) is 0.160. The number of benzene rings is 1. The highest BCUT2D eigenvalue weighted by molar-refractivity contribution is 6.10. The number of pyridine rings is 2. The monoisotopic (exact) mass is 472 g/mol. The van der Waals surface area contributed by atoms with Crippen LogP contribution in [0, 0.1) is 5.82 Å².